The van der Waals surface area contributed by atoms with Crippen LogP contribution in [0.4, 0.5) is 20.7 Å². The largest absolute Gasteiger partial charge is 0.368 e. The van der Waals surface area contributed by atoms with Gasteiger partial charge in [-0.2, -0.15) is 15.0 Å². The number of aryl methyl sites for hydroxylation is 1. The van der Waals surface area contributed by atoms with E-state index < -0.39 is 5.92 Å². The number of nitrogens with two attached hydrogens (primary N) is 1. The first-order chi connectivity index (χ1) is 9.41. The van der Waals surface area contributed by atoms with Crippen LogP contribution >= 0.6 is 0 Å². The van der Waals surface area contributed by atoms with Gasteiger partial charge in [0.1, 0.15) is 11.5 Å². The van der Waals surface area contributed by atoms with Crippen LogP contribution in [-0.4, -0.2) is 36.9 Å². The predicted molar refractivity (Wildman–Crippen MR) is 68.1 cm³/mol. The van der Waals surface area contributed by atoms with Gasteiger partial charge in [0.2, 0.25) is 11.9 Å². The molecule has 3 rings (SSSR count). The Morgan fingerprint density at radius 1 is 1.30 bits per heavy atom. The van der Waals surface area contributed by atoms with Crippen molar-refractivity contribution in [2.75, 3.05) is 11.1 Å². The van der Waals surface area contributed by atoms with Gasteiger partial charge in [0, 0.05) is 25.1 Å². The highest BCUT2D eigenvalue weighted by atomic mass is 19.3. The summed E-state index contributed by atoms with van der Waals surface area (Å²) >= 11 is 0. The van der Waals surface area contributed by atoms with Crippen molar-refractivity contribution < 1.29 is 8.78 Å². The van der Waals surface area contributed by atoms with Gasteiger partial charge in [0.25, 0.3) is 5.92 Å². The fourth-order valence-electron chi connectivity index (χ4n) is 2.05. The summed E-state index contributed by atoms with van der Waals surface area (Å²) in [5.41, 5.74) is 6.13. The minimum Gasteiger partial charge on any atom is -0.368 e. The Morgan fingerprint density at radius 2 is 2.05 bits per heavy atom. The number of nitrogen functional groups attached to an aromatic ring is 1. The zero-order valence-corrected chi connectivity index (χ0v) is 10.7. The number of H-pyrrole nitrogens is 1. The van der Waals surface area contributed by atoms with Gasteiger partial charge in [-0.15, -0.1) is 0 Å². The molecule has 4 N–H and O–H groups in total. The minimum atomic E-state index is -2.60. The van der Waals surface area contributed by atoms with E-state index in [1.807, 2.05) is 0 Å². The molecule has 0 radical (unpaired) electrons. The molecule has 20 heavy (non-hydrogen) atoms. The number of alkyl halides is 2. The number of hydrogen-bond donors (Lipinski definition) is 3. The fraction of sp³-hybridized carbons (Fsp3) is 0.455. The van der Waals surface area contributed by atoms with E-state index in [1.54, 1.807) is 13.1 Å². The highest BCUT2D eigenvalue weighted by molar-refractivity contribution is 5.52. The van der Waals surface area contributed by atoms with Crippen molar-refractivity contribution in [1.82, 2.24) is 24.9 Å². The van der Waals surface area contributed by atoms with E-state index in [1.165, 1.54) is 0 Å². The number of aromatic amines is 1. The molecule has 0 atom stereocenters. The van der Waals surface area contributed by atoms with Crippen LogP contribution in [0.5, 0.6) is 0 Å². The average molecular weight is 281 g/mol. The first-order valence-corrected chi connectivity index (χ1v) is 6.10. The van der Waals surface area contributed by atoms with Crippen molar-refractivity contribution in [3.63, 3.8) is 0 Å². The van der Waals surface area contributed by atoms with Gasteiger partial charge in [-0.1, -0.05) is 0 Å². The van der Waals surface area contributed by atoms with Crippen molar-refractivity contribution in [2.45, 2.75) is 31.7 Å². The standard InChI is InChI=1S/C11H13F2N7/c1-5-15-4-7(16-5)8-18-9(14)20-10(19-8)17-6-2-11(12,13)3-6/h4,6H,2-3H2,1H3,(H,15,16)(H3,14,17,18,19,20). The maximum absolute atomic E-state index is 12.8. The molecule has 2 aromatic rings. The van der Waals surface area contributed by atoms with Gasteiger partial charge in [-0.25, -0.2) is 13.8 Å². The van der Waals surface area contributed by atoms with E-state index >= 15 is 0 Å². The van der Waals surface area contributed by atoms with Crippen LogP contribution in [0.3, 0.4) is 0 Å². The first kappa shape index (κ1) is 12.7. The molecular formula is C11H13F2N7. The number of rotatable bonds is 3. The summed E-state index contributed by atoms with van der Waals surface area (Å²) in [5.74, 6) is -1.38. The summed E-state index contributed by atoms with van der Waals surface area (Å²) in [6, 6.07) is -0.347. The van der Waals surface area contributed by atoms with Crippen molar-refractivity contribution >= 4 is 11.9 Å². The molecule has 1 aliphatic rings. The van der Waals surface area contributed by atoms with Crippen molar-refractivity contribution in [3.8, 4) is 11.5 Å². The molecule has 1 fully saturated rings. The molecule has 0 unspecified atom stereocenters. The lowest BCUT2D eigenvalue weighted by molar-refractivity contribution is -0.0794. The van der Waals surface area contributed by atoms with E-state index in [9.17, 15) is 8.78 Å². The summed E-state index contributed by atoms with van der Waals surface area (Å²) in [4.78, 5) is 19.1. The molecule has 1 aliphatic carbocycles. The number of halogens is 2. The molecule has 0 bridgehead atoms. The van der Waals surface area contributed by atoms with E-state index in [0.717, 1.165) is 0 Å². The molecule has 7 nitrogen and oxygen atoms in total. The third-order valence-corrected chi connectivity index (χ3v) is 3.01. The van der Waals surface area contributed by atoms with Crippen LogP contribution in [0.2, 0.25) is 0 Å². The Labute approximate surface area is 113 Å². The molecule has 0 amide bonds. The number of nitrogens with zero attached hydrogens (tertiary/aromatic N) is 4. The smallest absolute Gasteiger partial charge is 0.252 e. The normalized spacial score (nSPS) is 17.8. The Kier molecular flexibility index (Phi) is 2.77. The lowest BCUT2D eigenvalue weighted by atomic mass is 9.88. The Balaban J connectivity index is 1.80. The second-order valence-electron chi connectivity index (χ2n) is 4.82. The first-order valence-electron chi connectivity index (χ1n) is 6.10. The van der Waals surface area contributed by atoms with Crippen LogP contribution in [0.25, 0.3) is 11.5 Å². The summed E-state index contributed by atoms with van der Waals surface area (Å²) < 4.78 is 25.6. The van der Waals surface area contributed by atoms with Crippen molar-refractivity contribution in [3.05, 3.63) is 12.0 Å². The maximum Gasteiger partial charge on any atom is 0.252 e. The summed E-state index contributed by atoms with van der Waals surface area (Å²) in [5, 5.41) is 2.83. The zero-order valence-electron chi connectivity index (χ0n) is 10.7. The molecule has 0 spiro atoms. The number of nitrogens with one attached hydrogen (secondary N) is 2. The molecule has 0 aromatic carbocycles. The maximum atomic E-state index is 12.8. The molecule has 106 valence electrons. The van der Waals surface area contributed by atoms with Gasteiger partial charge in [0.15, 0.2) is 5.82 Å². The Morgan fingerprint density at radius 3 is 2.65 bits per heavy atom. The lowest BCUT2D eigenvalue weighted by Crippen LogP contribution is -2.44. The highest BCUT2D eigenvalue weighted by Crippen LogP contribution is 2.38. The summed E-state index contributed by atoms with van der Waals surface area (Å²) in [7, 11) is 0. The van der Waals surface area contributed by atoms with Gasteiger partial charge in [-0.05, 0) is 6.92 Å². The summed E-state index contributed by atoms with van der Waals surface area (Å²) in [6.07, 6.45) is 1.19. The van der Waals surface area contributed by atoms with Crippen LogP contribution in [-0.2, 0) is 0 Å². The van der Waals surface area contributed by atoms with E-state index in [4.69, 9.17) is 5.73 Å². The third-order valence-electron chi connectivity index (χ3n) is 3.01. The van der Waals surface area contributed by atoms with Gasteiger partial charge < -0.3 is 16.0 Å². The second kappa shape index (κ2) is 4.36. The summed E-state index contributed by atoms with van der Waals surface area (Å²) in [6.45, 7) is 1.80. The topological polar surface area (TPSA) is 105 Å². The quantitative estimate of drug-likeness (QED) is 0.784. The highest BCUT2D eigenvalue weighted by Gasteiger charge is 2.45. The average Bonchev–Trinajstić information content (AvgIpc) is 2.73. The van der Waals surface area contributed by atoms with E-state index in [2.05, 4.69) is 30.2 Å². The van der Waals surface area contributed by atoms with Gasteiger partial charge in [-0.3, -0.25) is 0 Å². The second-order valence-corrected chi connectivity index (χ2v) is 4.82. The molecule has 0 saturated heterocycles. The van der Waals surface area contributed by atoms with Crippen LogP contribution in [0.1, 0.15) is 18.7 Å². The molecule has 2 aromatic heterocycles. The predicted octanol–water partition coefficient (Wildman–Crippen LogP) is 1.36. The van der Waals surface area contributed by atoms with E-state index in [0.29, 0.717) is 17.3 Å². The fourth-order valence-corrected chi connectivity index (χ4v) is 2.05. The zero-order chi connectivity index (χ0) is 14.3. The van der Waals surface area contributed by atoms with E-state index in [-0.39, 0.29) is 30.8 Å². The number of anilines is 2. The molecular weight excluding hydrogens is 268 g/mol. The number of imidazole rings is 1. The lowest BCUT2D eigenvalue weighted by Gasteiger charge is -2.35. The van der Waals surface area contributed by atoms with Crippen molar-refractivity contribution in [2.24, 2.45) is 0 Å². The monoisotopic (exact) mass is 281 g/mol. The minimum absolute atomic E-state index is 0.0178. The third kappa shape index (κ3) is 2.51. The van der Waals surface area contributed by atoms with Gasteiger partial charge >= 0.3 is 0 Å². The SMILES string of the molecule is Cc1nc(-c2nc(N)nc(NC3CC(F)(F)C3)n2)c[nH]1. The molecule has 1 saturated carbocycles. The number of aromatic nitrogens is 5. The van der Waals surface area contributed by atoms with Crippen LogP contribution in [0, 0.1) is 6.92 Å². The Hall–Kier alpha value is -2.32. The van der Waals surface area contributed by atoms with Crippen LogP contribution in [0.15, 0.2) is 6.20 Å². The molecule has 0 aliphatic heterocycles. The van der Waals surface area contributed by atoms with Crippen LogP contribution < -0.4 is 11.1 Å². The number of hydrogen-bond acceptors (Lipinski definition) is 6. The Bertz CT molecular complexity index is 631. The van der Waals surface area contributed by atoms with Gasteiger partial charge in [0.05, 0.1) is 0 Å². The molecule has 2 heterocycles. The molecule has 9 heteroatoms. The van der Waals surface area contributed by atoms with Crippen molar-refractivity contribution in [1.29, 1.82) is 0 Å².